The summed E-state index contributed by atoms with van der Waals surface area (Å²) in [6, 6.07) is 0. The zero-order valence-corrected chi connectivity index (χ0v) is 21.9. The molecule has 0 fully saturated rings. The maximum Gasteiger partial charge on any atom is 0.361 e. The summed E-state index contributed by atoms with van der Waals surface area (Å²) in [6.45, 7) is 6.23. The maximum atomic E-state index is 11.9. The Labute approximate surface area is 197 Å². The summed E-state index contributed by atoms with van der Waals surface area (Å²) in [6.07, 6.45) is 8.50. The van der Waals surface area contributed by atoms with Crippen LogP contribution in [0.1, 0.15) is 51.4 Å². The summed E-state index contributed by atoms with van der Waals surface area (Å²) >= 11 is 0. The minimum Gasteiger partial charge on any atom is -0.462 e. The molecule has 0 radical (unpaired) electrons. The van der Waals surface area contributed by atoms with Crippen LogP contribution in [0.5, 0.6) is 0 Å². The van der Waals surface area contributed by atoms with E-state index >= 15 is 0 Å². The standard InChI is InChI=1S/C24H50N4O4/c1-25(2)15-13-17-27(5)21-23(29)31-19-11-9-7-8-10-12-20-32-24(30)22-28(6)18-14-16-26(3)4/h7-22H2,1-6H3/p+4. The second-order valence-corrected chi connectivity index (χ2v) is 9.95. The second kappa shape index (κ2) is 20.4. The molecule has 0 saturated carbocycles. The van der Waals surface area contributed by atoms with E-state index in [-0.39, 0.29) is 11.9 Å². The van der Waals surface area contributed by atoms with Crippen LogP contribution in [0.4, 0.5) is 0 Å². The molecule has 0 aliphatic rings. The minimum atomic E-state index is -0.0900. The van der Waals surface area contributed by atoms with Crippen LogP contribution in [0.25, 0.3) is 0 Å². The predicted molar refractivity (Wildman–Crippen MR) is 127 cm³/mol. The van der Waals surface area contributed by atoms with Crippen molar-refractivity contribution < 1.29 is 38.7 Å². The van der Waals surface area contributed by atoms with Gasteiger partial charge in [-0.25, -0.2) is 9.59 Å². The third kappa shape index (κ3) is 22.0. The van der Waals surface area contributed by atoms with Gasteiger partial charge in [0, 0.05) is 12.8 Å². The molecule has 0 aliphatic heterocycles. The number of rotatable bonds is 21. The Balaban J connectivity index is 3.46. The van der Waals surface area contributed by atoms with Crippen LogP contribution in [-0.2, 0) is 19.1 Å². The van der Waals surface area contributed by atoms with Gasteiger partial charge in [-0.15, -0.1) is 0 Å². The van der Waals surface area contributed by atoms with Gasteiger partial charge in [-0.2, -0.15) is 0 Å². The lowest BCUT2D eigenvalue weighted by atomic mass is 10.1. The highest BCUT2D eigenvalue weighted by Gasteiger charge is 2.12. The molecule has 2 atom stereocenters. The van der Waals surface area contributed by atoms with Crippen molar-refractivity contribution in [1.82, 2.24) is 0 Å². The number of quaternary nitrogens is 4. The highest BCUT2D eigenvalue weighted by Crippen LogP contribution is 2.05. The smallest absolute Gasteiger partial charge is 0.361 e. The minimum absolute atomic E-state index is 0.0900. The van der Waals surface area contributed by atoms with Crippen molar-refractivity contribution in [2.45, 2.75) is 51.4 Å². The number of carbonyl (C=O) groups is 2. The first-order chi connectivity index (χ1) is 15.2. The van der Waals surface area contributed by atoms with Gasteiger partial charge in [-0.1, -0.05) is 25.7 Å². The lowest BCUT2D eigenvalue weighted by Crippen LogP contribution is -3.11. The summed E-state index contributed by atoms with van der Waals surface area (Å²) in [5.74, 6) is -0.180. The average molecular weight is 463 g/mol. The van der Waals surface area contributed by atoms with Crippen molar-refractivity contribution >= 4 is 11.9 Å². The molecule has 2 unspecified atom stereocenters. The number of nitrogens with one attached hydrogen (secondary N) is 4. The Hall–Kier alpha value is -1.22. The summed E-state index contributed by atoms with van der Waals surface area (Å²) in [5.41, 5.74) is 0. The van der Waals surface area contributed by atoms with Crippen LogP contribution in [0.3, 0.4) is 0 Å². The molecule has 0 rings (SSSR count). The van der Waals surface area contributed by atoms with E-state index in [0.717, 1.165) is 77.5 Å². The quantitative estimate of drug-likeness (QED) is 0.106. The Bertz CT molecular complexity index is 433. The van der Waals surface area contributed by atoms with E-state index < -0.39 is 0 Å². The molecule has 0 aromatic rings. The molecular weight excluding hydrogens is 408 g/mol. The van der Waals surface area contributed by atoms with Gasteiger partial charge in [-0.3, -0.25) is 0 Å². The number of hydrogen-bond donors (Lipinski definition) is 4. The average Bonchev–Trinajstić information content (AvgIpc) is 2.68. The van der Waals surface area contributed by atoms with Crippen molar-refractivity contribution in [1.29, 1.82) is 0 Å². The number of unbranched alkanes of at least 4 members (excludes halogenated alkanes) is 5. The van der Waals surface area contributed by atoms with Crippen LogP contribution < -0.4 is 19.6 Å². The molecule has 0 saturated heterocycles. The molecule has 0 amide bonds. The highest BCUT2D eigenvalue weighted by molar-refractivity contribution is 5.70. The van der Waals surface area contributed by atoms with Crippen molar-refractivity contribution in [3.05, 3.63) is 0 Å². The lowest BCUT2D eigenvalue weighted by molar-refractivity contribution is -0.887. The third-order valence-corrected chi connectivity index (χ3v) is 5.52. The molecule has 4 N–H and O–H groups in total. The molecule has 32 heavy (non-hydrogen) atoms. The van der Waals surface area contributed by atoms with Gasteiger partial charge >= 0.3 is 11.9 Å². The van der Waals surface area contributed by atoms with E-state index in [9.17, 15) is 9.59 Å². The summed E-state index contributed by atoms with van der Waals surface area (Å²) in [7, 11) is 12.7. The monoisotopic (exact) mass is 462 g/mol. The van der Waals surface area contributed by atoms with Crippen LogP contribution in [0.15, 0.2) is 0 Å². The molecule has 190 valence electrons. The molecule has 0 aliphatic carbocycles. The maximum absolute atomic E-state index is 11.9. The first kappa shape index (κ1) is 30.8. The van der Waals surface area contributed by atoms with E-state index in [4.69, 9.17) is 9.47 Å². The lowest BCUT2D eigenvalue weighted by Gasteiger charge is -2.14. The van der Waals surface area contributed by atoms with Gasteiger partial charge in [0.05, 0.1) is 81.7 Å². The number of esters is 2. The first-order valence-electron chi connectivity index (χ1n) is 12.7. The number of hydrogen-bond acceptors (Lipinski definition) is 4. The Kier molecular flexibility index (Phi) is 19.6. The fraction of sp³-hybridized carbons (Fsp3) is 0.917. The fourth-order valence-electron chi connectivity index (χ4n) is 3.54. The van der Waals surface area contributed by atoms with Crippen LogP contribution in [0.2, 0.25) is 0 Å². The molecule has 8 nitrogen and oxygen atoms in total. The van der Waals surface area contributed by atoms with E-state index in [0.29, 0.717) is 26.3 Å². The SMILES string of the molecule is C[NH+](C)CCC[NH+](C)CC(=O)OCCCCCCCCOC(=O)C[NH+](C)CCC[NH+](C)C. The Morgan fingerprint density at radius 2 is 0.844 bits per heavy atom. The highest BCUT2D eigenvalue weighted by atomic mass is 16.5. The predicted octanol–water partition coefficient (Wildman–Crippen LogP) is -3.49. The number of carbonyl (C=O) groups excluding carboxylic acids is 2. The normalized spacial score (nSPS) is 13.4. The van der Waals surface area contributed by atoms with Crippen LogP contribution in [-0.4, -0.2) is 107 Å². The fourth-order valence-corrected chi connectivity index (χ4v) is 3.54. The number of likely N-dealkylation sites (N-methyl/N-ethyl adjacent to an activating group) is 2. The van der Waals surface area contributed by atoms with Gasteiger partial charge in [0.2, 0.25) is 0 Å². The Morgan fingerprint density at radius 1 is 0.500 bits per heavy atom. The molecule has 0 bridgehead atoms. The summed E-state index contributed by atoms with van der Waals surface area (Å²) < 4.78 is 10.7. The van der Waals surface area contributed by atoms with Crippen molar-refractivity contribution in [2.75, 3.05) is 94.8 Å². The molecule has 0 aromatic carbocycles. The van der Waals surface area contributed by atoms with Crippen molar-refractivity contribution in [3.63, 3.8) is 0 Å². The molecule has 0 heterocycles. The molecule has 0 spiro atoms. The first-order valence-corrected chi connectivity index (χ1v) is 12.7. The zero-order valence-electron chi connectivity index (χ0n) is 21.9. The van der Waals surface area contributed by atoms with Crippen molar-refractivity contribution in [3.8, 4) is 0 Å². The molecule has 8 heteroatoms. The van der Waals surface area contributed by atoms with Crippen LogP contribution in [0, 0.1) is 0 Å². The topological polar surface area (TPSA) is 70.4 Å². The van der Waals surface area contributed by atoms with Gasteiger partial charge < -0.3 is 29.1 Å². The number of ether oxygens (including phenoxy) is 2. The summed E-state index contributed by atoms with van der Waals surface area (Å²) in [5, 5.41) is 0. The van der Waals surface area contributed by atoms with Gasteiger partial charge in [0.15, 0.2) is 13.1 Å². The Morgan fingerprint density at radius 3 is 1.19 bits per heavy atom. The van der Waals surface area contributed by atoms with E-state index in [1.807, 2.05) is 0 Å². The van der Waals surface area contributed by atoms with E-state index in [1.165, 1.54) is 19.6 Å². The molecule has 0 aromatic heterocycles. The zero-order chi connectivity index (χ0) is 24.2. The largest absolute Gasteiger partial charge is 0.462 e. The van der Waals surface area contributed by atoms with Gasteiger partial charge in [-0.05, 0) is 12.8 Å². The molecular formula is C24H54N4O4+4. The second-order valence-electron chi connectivity index (χ2n) is 9.95. The summed E-state index contributed by atoms with van der Waals surface area (Å²) in [4.78, 5) is 29.1. The van der Waals surface area contributed by atoms with E-state index in [2.05, 4.69) is 42.3 Å². The van der Waals surface area contributed by atoms with Crippen molar-refractivity contribution in [2.24, 2.45) is 0 Å². The van der Waals surface area contributed by atoms with Crippen LogP contribution >= 0.6 is 0 Å². The van der Waals surface area contributed by atoms with Gasteiger partial charge in [0.1, 0.15) is 0 Å². The third-order valence-electron chi connectivity index (χ3n) is 5.52. The van der Waals surface area contributed by atoms with E-state index in [1.54, 1.807) is 0 Å². The van der Waals surface area contributed by atoms with Gasteiger partial charge in [0.25, 0.3) is 0 Å².